The van der Waals surface area contributed by atoms with Crippen LogP contribution in [0.15, 0.2) is 53.9 Å². The molecule has 198 valence electrons. The van der Waals surface area contributed by atoms with Gasteiger partial charge >= 0.3 is 12.1 Å². The van der Waals surface area contributed by atoms with Gasteiger partial charge in [-0.25, -0.2) is 4.79 Å². The second-order valence-electron chi connectivity index (χ2n) is 7.83. The summed E-state index contributed by atoms with van der Waals surface area (Å²) >= 11 is 0. The van der Waals surface area contributed by atoms with E-state index < -0.39 is 18.2 Å². The molecule has 0 bridgehead atoms. The number of carboxylic acids is 1. The smallest absolute Gasteiger partial charge is 0.475 e. The van der Waals surface area contributed by atoms with Crippen molar-refractivity contribution in [2.24, 2.45) is 5.16 Å². The summed E-state index contributed by atoms with van der Waals surface area (Å²) in [6.07, 6.45) is -1.06. The van der Waals surface area contributed by atoms with Gasteiger partial charge in [-0.15, -0.1) is 0 Å². The van der Waals surface area contributed by atoms with Crippen LogP contribution >= 0.6 is 0 Å². The quantitative estimate of drug-likeness (QED) is 0.425. The molecule has 13 heteroatoms. The molecule has 0 saturated carbocycles. The Morgan fingerprint density at radius 1 is 1.24 bits per heavy atom. The van der Waals surface area contributed by atoms with E-state index in [0.29, 0.717) is 23.6 Å². The average molecular weight is 522 g/mol. The molecule has 1 unspecified atom stereocenters. The Morgan fingerprint density at radius 2 is 1.97 bits per heavy atom. The second-order valence-corrected chi connectivity index (χ2v) is 7.83. The van der Waals surface area contributed by atoms with Crippen LogP contribution in [0.4, 0.5) is 18.9 Å². The maximum absolute atomic E-state index is 12.7. The number of aryl methyl sites for hydroxylation is 1. The lowest BCUT2D eigenvalue weighted by Crippen LogP contribution is -2.28. The van der Waals surface area contributed by atoms with E-state index in [2.05, 4.69) is 22.5 Å². The standard InChI is InChI=1S/C22H24N4O4.C2HF3O2/c1-3-10-26-13-16(12-23-26)24-22(27)20-11-18(25-30-20)21-17-7-5-4-6-15(17)8-9-19(21)29-14-28-2;3-2(4,5)1(6)7/h4-9,12-13,20H,3,10-11,14H2,1-2H3,(H,24,27);(H,6,7). The van der Waals surface area contributed by atoms with Crippen LogP contribution in [0.1, 0.15) is 25.3 Å². The zero-order valence-corrected chi connectivity index (χ0v) is 20.0. The minimum absolute atomic E-state index is 0.116. The first-order valence-electron chi connectivity index (χ1n) is 11.1. The lowest BCUT2D eigenvalue weighted by molar-refractivity contribution is -0.192. The Bertz CT molecular complexity index is 1270. The number of amides is 1. The van der Waals surface area contributed by atoms with Gasteiger partial charge in [0.15, 0.2) is 6.79 Å². The molecule has 0 fully saturated rings. The Hall–Kier alpha value is -4.13. The Kier molecular flexibility index (Phi) is 9.06. The normalized spacial score (nSPS) is 14.8. The first-order valence-corrected chi connectivity index (χ1v) is 11.1. The van der Waals surface area contributed by atoms with E-state index in [1.54, 1.807) is 24.2 Å². The number of nitrogens with zero attached hydrogens (tertiary/aromatic N) is 3. The molecule has 0 aliphatic carbocycles. The summed E-state index contributed by atoms with van der Waals surface area (Å²) in [7, 11) is 1.57. The Balaban J connectivity index is 0.000000479. The zero-order valence-electron chi connectivity index (χ0n) is 20.0. The predicted octanol–water partition coefficient (Wildman–Crippen LogP) is 4.19. The highest BCUT2D eigenvalue weighted by molar-refractivity contribution is 6.15. The number of fused-ring (bicyclic) bond motifs is 1. The van der Waals surface area contributed by atoms with Gasteiger partial charge in [-0.05, 0) is 23.3 Å². The molecule has 1 aliphatic heterocycles. The number of alkyl halides is 3. The number of anilines is 1. The second kappa shape index (κ2) is 12.2. The van der Waals surface area contributed by atoms with Crippen LogP contribution in [-0.2, 0) is 25.7 Å². The van der Waals surface area contributed by atoms with Gasteiger partial charge in [0.05, 0.1) is 17.6 Å². The van der Waals surface area contributed by atoms with Gasteiger partial charge in [0.2, 0.25) is 6.10 Å². The van der Waals surface area contributed by atoms with Crippen molar-refractivity contribution in [1.82, 2.24) is 9.78 Å². The first kappa shape index (κ1) is 27.5. The minimum Gasteiger partial charge on any atom is -0.475 e. The largest absolute Gasteiger partial charge is 0.490 e. The molecule has 1 aromatic heterocycles. The van der Waals surface area contributed by atoms with E-state index in [1.807, 2.05) is 36.4 Å². The van der Waals surface area contributed by atoms with Gasteiger partial charge < -0.3 is 24.7 Å². The molecule has 4 rings (SSSR count). The van der Waals surface area contributed by atoms with E-state index in [-0.39, 0.29) is 12.7 Å². The molecule has 0 radical (unpaired) electrons. The third kappa shape index (κ3) is 7.19. The van der Waals surface area contributed by atoms with E-state index in [1.165, 1.54) is 0 Å². The molecule has 1 atom stereocenters. The maximum atomic E-state index is 12.7. The van der Waals surface area contributed by atoms with Crippen LogP contribution in [0.5, 0.6) is 5.75 Å². The van der Waals surface area contributed by atoms with E-state index in [0.717, 1.165) is 29.3 Å². The van der Waals surface area contributed by atoms with E-state index in [4.69, 9.17) is 24.2 Å². The van der Waals surface area contributed by atoms with Gasteiger partial charge in [-0.2, -0.15) is 18.3 Å². The summed E-state index contributed by atoms with van der Waals surface area (Å²) in [4.78, 5) is 27.1. The topological polar surface area (TPSA) is 124 Å². The van der Waals surface area contributed by atoms with Gasteiger partial charge in [-0.1, -0.05) is 42.4 Å². The van der Waals surface area contributed by atoms with Crippen LogP contribution in [0.3, 0.4) is 0 Å². The van der Waals surface area contributed by atoms with Crippen molar-refractivity contribution in [3.8, 4) is 5.75 Å². The number of halogens is 3. The van der Waals surface area contributed by atoms with Gasteiger partial charge in [-0.3, -0.25) is 9.48 Å². The number of methoxy groups -OCH3 is 1. The Labute approximate surface area is 209 Å². The lowest BCUT2D eigenvalue weighted by atomic mass is 9.97. The number of carbonyl (C=O) groups excluding carboxylic acids is 1. The summed E-state index contributed by atoms with van der Waals surface area (Å²) < 4.78 is 44.3. The third-order valence-electron chi connectivity index (χ3n) is 5.07. The zero-order chi connectivity index (χ0) is 27.0. The number of ether oxygens (including phenoxy) is 2. The molecule has 3 aromatic rings. The number of hydrogen-bond acceptors (Lipinski definition) is 7. The molecule has 1 aliphatic rings. The SMILES string of the molecule is CCCn1cc(NC(=O)C2CC(c3c(OCOC)ccc4ccccc34)=NO2)cn1.O=C(O)C(F)(F)F. The van der Waals surface area contributed by atoms with Crippen molar-refractivity contribution in [1.29, 1.82) is 0 Å². The number of benzene rings is 2. The van der Waals surface area contributed by atoms with E-state index >= 15 is 0 Å². The van der Waals surface area contributed by atoms with Gasteiger partial charge in [0.1, 0.15) is 5.75 Å². The molecule has 0 spiro atoms. The van der Waals surface area contributed by atoms with Crippen molar-refractivity contribution in [2.45, 2.75) is 38.6 Å². The fourth-order valence-electron chi connectivity index (χ4n) is 3.46. The Morgan fingerprint density at radius 3 is 2.65 bits per heavy atom. The number of oxime groups is 1. The average Bonchev–Trinajstić information content (AvgIpc) is 3.52. The molecule has 1 amide bonds. The fourth-order valence-corrected chi connectivity index (χ4v) is 3.46. The number of aromatic nitrogens is 2. The van der Waals surface area contributed by atoms with Gasteiger partial charge in [0.25, 0.3) is 5.91 Å². The summed E-state index contributed by atoms with van der Waals surface area (Å²) in [5.74, 6) is -2.38. The summed E-state index contributed by atoms with van der Waals surface area (Å²) in [5.41, 5.74) is 2.12. The minimum atomic E-state index is -5.08. The van der Waals surface area contributed by atoms with Crippen LogP contribution in [0, 0.1) is 0 Å². The molecule has 10 nitrogen and oxygen atoms in total. The highest BCUT2D eigenvalue weighted by Crippen LogP contribution is 2.32. The van der Waals surface area contributed by atoms with Crippen LogP contribution < -0.4 is 10.1 Å². The highest BCUT2D eigenvalue weighted by Gasteiger charge is 2.38. The number of aliphatic carboxylic acids is 1. The third-order valence-corrected chi connectivity index (χ3v) is 5.07. The van der Waals surface area contributed by atoms with Crippen molar-refractivity contribution in [2.75, 3.05) is 19.2 Å². The van der Waals surface area contributed by atoms with Crippen molar-refractivity contribution in [3.63, 3.8) is 0 Å². The van der Waals surface area contributed by atoms with Crippen molar-refractivity contribution < 1.29 is 42.2 Å². The number of hydrogen-bond donors (Lipinski definition) is 2. The van der Waals surface area contributed by atoms with Gasteiger partial charge in [0, 0.05) is 31.8 Å². The van der Waals surface area contributed by atoms with Crippen molar-refractivity contribution >= 4 is 34.0 Å². The highest BCUT2D eigenvalue weighted by atomic mass is 19.4. The molecule has 2 N–H and O–H groups in total. The van der Waals surface area contributed by atoms with Crippen LogP contribution in [0.2, 0.25) is 0 Å². The molecular formula is C24H25F3N4O6. The van der Waals surface area contributed by atoms with Crippen LogP contribution in [0.25, 0.3) is 10.8 Å². The van der Waals surface area contributed by atoms with Crippen molar-refractivity contribution in [3.05, 3.63) is 54.4 Å². The molecule has 0 saturated heterocycles. The maximum Gasteiger partial charge on any atom is 0.490 e. The number of carbonyl (C=O) groups is 2. The molecule has 37 heavy (non-hydrogen) atoms. The number of carboxylic acid groups (broad SMARTS) is 1. The van der Waals surface area contributed by atoms with Crippen LogP contribution in [-0.4, -0.2) is 58.7 Å². The first-order chi connectivity index (χ1) is 17.6. The summed E-state index contributed by atoms with van der Waals surface area (Å²) in [6, 6.07) is 11.8. The summed E-state index contributed by atoms with van der Waals surface area (Å²) in [5, 5.41) is 20.5. The fraction of sp³-hybridized carbons (Fsp3) is 0.333. The monoisotopic (exact) mass is 522 g/mol. The molecule has 2 aromatic carbocycles. The number of nitrogens with one attached hydrogen (secondary N) is 1. The lowest BCUT2D eigenvalue weighted by Gasteiger charge is -2.13. The molecular weight excluding hydrogens is 497 g/mol. The molecule has 2 heterocycles. The number of rotatable bonds is 8. The predicted molar refractivity (Wildman–Crippen MR) is 127 cm³/mol. The summed E-state index contributed by atoms with van der Waals surface area (Å²) in [6.45, 7) is 2.99. The van der Waals surface area contributed by atoms with E-state index in [9.17, 15) is 18.0 Å².